The second kappa shape index (κ2) is 6.01. The van der Waals surface area contributed by atoms with E-state index in [2.05, 4.69) is 4.98 Å². The number of carbonyl (C=O) groups is 1. The Labute approximate surface area is 96.3 Å². The second-order valence-corrected chi connectivity index (χ2v) is 3.19. The van der Waals surface area contributed by atoms with Crippen LogP contribution in [0.5, 0.6) is 0 Å². The van der Waals surface area contributed by atoms with Crippen LogP contribution in [0.15, 0.2) is 36.5 Å². The maximum Gasteiger partial charge on any atom is 0.164 e. The Kier molecular flexibility index (Phi) is 4.65. The van der Waals surface area contributed by atoms with Crippen LogP contribution in [0, 0.1) is 0 Å². The number of fused-ring (bicyclic) bond motifs is 1. The summed E-state index contributed by atoms with van der Waals surface area (Å²) in [5.74, 6) is 0.142. The number of para-hydroxylation sites is 1. The van der Waals surface area contributed by atoms with Crippen LogP contribution in [0.1, 0.15) is 37.6 Å². The Morgan fingerprint density at radius 1 is 1.25 bits per heavy atom. The van der Waals surface area contributed by atoms with E-state index < -0.39 is 0 Å². The van der Waals surface area contributed by atoms with Crippen LogP contribution in [-0.2, 0) is 0 Å². The molecule has 2 rings (SSSR count). The van der Waals surface area contributed by atoms with Gasteiger partial charge in [-0.1, -0.05) is 39.0 Å². The molecule has 1 heterocycles. The zero-order valence-corrected chi connectivity index (χ0v) is 10.0. The number of benzene rings is 1. The van der Waals surface area contributed by atoms with Gasteiger partial charge in [0.05, 0.1) is 5.52 Å². The molecular weight excluding hydrogens is 198 g/mol. The van der Waals surface area contributed by atoms with Gasteiger partial charge in [0.25, 0.3) is 0 Å². The molecule has 2 aromatic rings. The molecule has 0 saturated carbocycles. The van der Waals surface area contributed by atoms with Crippen LogP contribution in [0.4, 0.5) is 0 Å². The van der Waals surface area contributed by atoms with Crippen LogP contribution in [-0.4, -0.2) is 10.8 Å². The fourth-order valence-corrected chi connectivity index (χ4v) is 1.43. The van der Waals surface area contributed by atoms with Crippen molar-refractivity contribution in [2.75, 3.05) is 0 Å². The molecule has 16 heavy (non-hydrogen) atoms. The van der Waals surface area contributed by atoms with Gasteiger partial charge in [-0.2, -0.15) is 0 Å². The maximum absolute atomic E-state index is 11.4. The zero-order valence-electron chi connectivity index (χ0n) is 10.0. The molecule has 0 fully saturated rings. The van der Waals surface area contributed by atoms with Gasteiger partial charge in [-0.25, -0.2) is 0 Å². The van der Waals surface area contributed by atoms with Gasteiger partial charge in [0.15, 0.2) is 5.78 Å². The first kappa shape index (κ1) is 12.4. The van der Waals surface area contributed by atoms with Gasteiger partial charge in [0.2, 0.25) is 0 Å². The second-order valence-electron chi connectivity index (χ2n) is 3.19. The van der Waals surface area contributed by atoms with Gasteiger partial charge in [-0.15, -0.1) is 0 Å². The third-order valence-corrected chi connectivity index (χ3v) is 2.23. The average molecular weight is 215 g/mol. The van der Waals surface area contributed by atoms with Gasteiger partial charge in [0.1, 0.15) is 0 Å². The molecule has 0 saturated heterocycles. The monoisotopic (exact) mass is 215 g/mol. The van der Waals surface area contributed by atoms with Gasteiger partial charge >= 0.3 is 0 Å². The van der Waals surface area contributed by atoms with E-state index in [-0.39, 0.29) is 5.78 Å². The highest BCUT2D eigenvalue weighted by atomic mass is 16.1. The first-order chi connectivity index (χ1) is 7.81. The topological polar surface area (TPSA) is 30.0 Å². The molecule has 0 atom stereocenters. The standard InChI is InChI=1S/C12H11NO.C2H6/c1-2-12(14)10-7-9-5-3-4-6-11(9)13-8-10;1-2/h3-8H,2H2,1H3;1-2H3. The zero-order chi connectivity index (χ0) is 12.0. The highest BCUT2D eigenvalue weighted by Crippen LogP contribution is 2.13. The van der Waals surface area contributed by atoms with Crippen LogP contribution in [0.2, 0.25) is 0 Å². The number of hydrogen-bond acceptors (Lipinski definition) is 2. The lowest BCUT2D eigenvalue weighted by molar-refractivity contribution is 0.0988. The summed E-state index contributed by atoms with van der Waals surface area (Å²) in [6.07, 6.45) is 2.17. The lowest BCUT2D eigenvalue weighted by Crippen LogP contribution is -1.97. The van der Waals surface area contributed by atoms with Gasteiger partial charge in [-0.05, 0) is 12.1 Å². The first-order valence-corrected chi connectivity index (χ1v) is 5.69. The number of hydrogen-bond donors (Lipinski definition) is 0. The lowest BCUT2D eigenvalue weighted by Gasteiger charge is -1.99. The number of nitrogens with zero attached hydrogens (tertiary/aromatic N) is 1. The molecule has 0 bridgehead atoms. The molecular formula is C14H17NO. The number of carbonyl (C=O) groups excluding carboxylic acids is 1. The molecule has 2 heteroatoms. The van der Waals surface area contributed by atoms with Crippen molar-refractivity contribution in [3.05, 3.63) is 42.1 Å². The summed E-state index contributed by atoms with van der Waals surface area (Å²) in [6, 6.07) is 9.69. The Bertz CT molecular complexity index is 477. The predicted octanol–water partition coefficient (Wildman–Crippen LogP) is 3.85. The molecule has 0 radical (unpaired) electrons. The summed E-state index contributed by atoms with van der Waals surface area (Å²) in [5, 5.41) is 1.02. The molecule has 0 N–H and O–H groups in total. The smallest absolute Gasteiger partial charge is 0.164 e. The SMILES string of the molecule is CC.CCC(=O)c1cnc2ccccc2c1. The van der Waals surface area contributed by atoms with Gasteiger partial charge in [-0.3, -0.25) is 9.78 Å². The largest absolute Gasteiger partial charge is 0.294 e. The molecule has 1 aromatic carbocycles. The van der Waals surface area contributed by atoms with Gasteiger partial charge in [0, 0.05) is 23.6 Å². The number of ketones is 1. The molecule has 0 unspecified atom stereocenters. The van der Waals surface area contributed by atoms with E-state index in [1.165, 1.54) is 0 Å². The molecule has 0 amide bonds. The molecule has 84 valence electrons. The number of rotatable bonds is 2. The van der Waals surface area contributed by atoms with Crippen LogP contribution >= 0.6 is 0 Å². The quantitative estimate of drug-likeness (QED) is 0.712. The molecule has 0 aliphatic carbocycles. The Hall–Kier alpha value is -1.70. The van der Waals surface area contributed by atoms with E-state index in [1.807, 2.05) is 51.1 Å². The van der Waals surface area contributed by atoms with E-state index in [0.29, 0.717) is 12.0 Å². The molecule has 0 aliphatic heterocycles. The molecule has 0 aliphatic rings. The van der Waals surface area contributed by atoms with Crippen LogP contribution < -0.4 is 0 Å². The lowest BCUT2D eigenvalue weighted by atomic mass is 10.1. The Balaban J connectivity index is 0.000000606. The summed E-state index contributed by atoms with van der Waals surface area (Å²) in [5.41, 5.74) is 1.63. The summed E-state index contributed by atoms with van der Waals surface area (Å²) in [4.78, 5) is 15.6. The minimum absolute atomic E-state index is 0.142. The fraction of sp³-hybridized carbons (Fsp3) is 0.286. The third kappa shape index (κ3) is 2.66. The minimum Gasteiger partial charge on any atom is -0.294 e. The minimum atomic E-state index is 0.142. The average Bonchev–Trinajstić information content (AvgIpc) is 2.39. The summed E-state index contributed by atoms with van der Waals surface area (Å²) in [7, 11) is 0. The van der Waals surface area contributed by atoms with Crippen LogP contribution in [0.3, 0.4) is 0 Å². The van der Waals surface area contributed by atoms with Crippen molar-refractivity contribution in [1.29, 1.82) is 0 Å². The highest BCUT2D eigenvalue weighted by Gasteiger charge is 2.03. The van der Waals surface area contributed by atoms with E-state index in [0.717, 1.165) is 10.9 Å². The Morgan fingerprint density at radius 2 is 1.94 bits per heavy atom. The Morgan fingerprint density at radius 3 is 2.62 bits per heavy atom. The first-order valence-electron chi connectivity index (χ1n) is 5.69. The fourth-order valence-electron chi connectivity index (χ4n) is 1.43. The normalized spacial score (nSPS) is 9.44. The van der Waals surface area contributed by atoms with Crippen molar-refractivity contribution in [2.45, 2.75) is 27.2 Å². The molecule has 1 aromatic heterocycles. The van der Waals surface area contributed by atoms with Crippen molar-refractivity contribution in [2.24, 2.45) is 0 Å². The van der Waals surface area contributed by atoms with E-state index in [9.17, 15) is 4.79 Å². The van der Waals surface area contributed by atoms with Crippen molar-refractivity contribution < 1.29 is 4.79 Å². The van der Waals surface area contributed by atoms with Crippen molar-refractivity contribution in [3.8, 4) is 0 Å². The summed E-state index contributed by atoms with van der Waals surface area (Å²) >= 11 is 0. The van der Waals surface area contributed by atoms with Gasteiger partial charge < -0.3 is 0 Å². The molecule has 2 nitrogen and oxygen atoms in total. The maximum atomic E-state index is 11.4. The number of aromatic nitrogens is 1. The van der Waals surface area contributed by atoms with E-state index in [1.54, 1.807) is 6.20 Å². The number of pyridine rings is 1. The molecule has 0 spiro atoms. The predicted molar refractivity (Wildman–Crippen MR) is 67.7 cm³/mol. The van der Waals surface area contributed by atoms with Crippen molar-refractivity contribution in [3.63, 3.8) is 0 Å². The van der Waals surface area contributed by atoms with Crippen molar-refractivity contribution in [1.82, 2.24) is 4.98 Å². The number of Topliss-reactive ketones (excluding diaryl/α,β-unsaturated/α-hetero) is 1. The van der Waals surface area contributed by atoms with Crippen molar-refractivity contribution >= 4 is 16.7 Å². The van der Waals surface area contributed by atoms with E-state index in [4.69, 9.17) is 0 Å². The van der Waals surface area contributed by atoms with E-state index >= 15 is 0 Å². The summed E-state index contributed by atoms with van der Waals surface area (Å²) in [6.45, 7) is 5.86. The highest BCUT2D eigenvalue weighted by molar-refractivity contribution is 5.98. The third-order valence-electron chi connectivity index (χ3n) is 2.23. The summed E-state index contributed by atoms with van der Waals surface area (Å²) < 4.78 is 0. The van der Waals surface area contributed by atoms with Crippen LogP contribution in [0.25, 0.3) is 10.9 Å².